The van der Waals surface area contributed by atoms with Crippen LogP contribution in [-0.2, 0) is 11.0 Å². The van der Waals surface area contributed by atoms with Crippen LogP contribution in [0.2, 0.25) is 0 Å². The lowest BCUT2D eigenvalue weighted by molar-refractivity contribution is -0.137. The molecule has 1 aliphatic heterocycles. The number of benzene rings is 1. The van der Waals surface area contributed by atoms with Crippen LogP contribution in [0.15, 0.2) is 83.1 Å². The Kier molecular flexibility index (Phi) is 5.22. The lowest BCUT2D eigenvalue weighted by Crippen LogP contribution is -2.37. The van der Waals surface area contributed by atoms with E-state index in [4.69, 9.17) is 0 Å². The molecule has 0 saturated heterocycles. The topological polar surface area (TPSA) is 49.0 Å². The maximum Gasteiger partial charge on any atom is 0.418 e. The number of para-hydroxylation sites is 1. The van der Waals surface area contributed by atoms with Gasteiger partial charge in [-0.1, -0.05) is 18.2 Å². The zero-order chi connectivity index (χ0) is 23.2. The van der Waals surface area contributed by atoms with Gasteiger partial charge >= 0.3 is 6.18 Å². The Bertz CT molecular complexity index is 1310. The van der Waals surface area contributed by atoms with Gasteiger partial charge in [-0.25, -0.2) is 0 Å². The van der Waals surface area contributed by atoms with Gasteiger partial charge in [-0.2, -0.15) is 18.4 Å². The van der Waals surface area contributed by atoms with E-state index >= 15 is 0 Å². The fourth-order valence-electron chi connectivity index (χ4n) is 4.68. The van der Waals surface area contributed by atoms with Crippen LogP contribution in [0.1, 0.15) is 35.6 Å². The van der Waals surface area contributed by atoms with Gasteiger partial charge in [0, 0.05) is 35.0 Å². The van der Waals surface area contributed by atoms with Crippen LogP contribution in [0.25, 0.3) is 5.82 Å². The molecule has 0 saturated carbocycles. The Labute approximate surface area is 192 Å². The van der Waals surface area contributed by atoms with Gasteiger partial charge in [0.25, 0.3) is 0 Å². The molecule has 0 unspecified atom stereocenters. The highest BCUT2D eigenvalue weighted by Gasteiger charge is 2.44. The molecule has 2 aliphatic rings. The van der Waals surface area contributed by atoms with Crippen molar-refractivity contribution in [3.8, 4) is 6.07 Å². The molecule has 0 fully saturated rings. The summed E-state index contributed by atoms with van der Waals surface area (Å²) in [5.74, 6) is -0.404. The second kappa shape index (κ2) is 8.09. The Morgan fingerprint density at radius 3 is 2.45 bits per heavy atom. The molecule has 3 aromatic rings. The van der Waals surface area contributed by atoms with Crippen LogP contribution >= 0.6 is 11.3 Å². The van der Waals surface area contributed by atoms with Crippen molar-refractivity contribution in [3.63, 3.8) is 0 Å². The highest BCUT2D eigenvalue weighted by atomic mass is 32.1. The van der Waals surface area contributed by atoms with Crippen molar-refractivity contribution in [2.75, 3.05) is 4.90 Å². The predicted molar refractivity (Wildman–Crippen MR) is 120 cm³/mol. The molecule has 8 heteroatoms. The number of nitrogens with zero attached hydrogens (tertiary/aromatic N) is 3. The van der Waals surface area contributed by atoms with E-state index in [-0.39, 0.29) is 17.0 Å². The fourth-order valence-corrected chi connectivity index (χ4v) is 5.52. The number of ketones is 1. The van der Waals surface area contributed by atoms with Crippen LogP contribution < -0.4 is 4.90 Å². The quantitative estimate of drug-likeness (QED) is 0.440. The van der Waals surface area contributed by atoms with Crippen LogP contribution in [0.4, 0.5) is 18.9 Å². The minimum absolute atomic E-state index is 0.0896. The molecule has 3 heterocycles. The van der Waals surface area contributed by atoms with E-state index in [1.165, 1.54) is 28.4 Å². The van der Waals surface area contributed by atoms with Gasteiger partial charge in [-0.05, 0) is 48.6 Å². The largest absolute Gasteiger partial charge is 0.418 e. The van der Waals surface area contributed by atoms with E-state index in [0.717, 1.165) is 10.9 Å². The molecule has 0 amide bonds. The van der Waals surface area contributed by atoms with Crippen LogP contribution in [0.3, 0.4) is 0 Å². The van der Waals surface area contributed by atoms with Crippen molar-refractivity contribution >= 4 is 28.6 Å². The minimum atomic E-state index is -4.60. The predicted octanol–water partition coefficient (Wildman–Crippen LogP) is 6.57. The maximum atomic E-state index is 14.1. The summed E-state index contributed by atoms with van der Waals surface area (Å²) in [7, 11) is 0. The number of rotatable bonds is 3. The smallest absolute Gasteiger partial charge is 0.309 e. The summed E-state index contributed by atoms with van der Waals surface area (Å²) in [6, 6.07) is 14.8. The summed E-state index contributed by atoms with van der Waals surface area (Å²) in [4.78, 5) is 15.5. The molecule has 1 aromatic carbocycles. The Morgan fingerprint density at radius 2 is 1.79 bits per heavy atom. The van der Waals surface area contributed by atoms with Gasteiger partial charge < -0.3 is 4.57 Å². The number of Topliss-reactive ketones (excluding diaryl/α,β-unsaturated/α-hetero) is 1. The molecule has 0 radical (unpaired) electrons. The van der Waals surface area contributed by atoms with Crippen molar-refractivity contribution in [3.05, 3.63) is 93.6 Å². The summed E-state index contributed by atoms with van der Waals surface area (Å²) in [6.45, 7) is 0. The van der Waals surface area contributed by atoms with Crippen LogP contribution in [0, 0.1) is 11.3 Å². The Morgan fingerprint density at radius 1 is 1.03 bits per heavy atom. The van der Waals surface area contributed by atoms with E-state index in [1.54, 1.807) is 35.2 Å². The number of anilines is 1. The number of alkyl halides is 3. The average molecular weight is 466 g/mol. The van der Waals surface area contributed by atoms with E-state index < -0.39 is 17.7 Å². The van der Waals surface area contributed by atoms with Crippen molar-refractivity contribution in [2.45, 2.75) is 31.4 Å². The van der Waals surface area contributed by atoms with Crippen molar-refractivity contribution in [2.24, 2.45) is 0 Å². The van der Waals surface area contributed by atoms with Crippen LogP contribution in [-0.4, -0.2) is 10.4 Å². The first-order valence-corrected chi connectivity index (χ1v) is 11.3. The second-order valence-electron chi connectivity index (χ2n) is 7.88. The monoisotopic (exact) mass is 465 g/mol. The number of carbonyl (C=O) groups excluding carboxylic acids is 1. The summed E-state index contributed by atoms with van der Waals surface area (Å²) in [5, 5.41) is 12.2. The summed E-state index contributed by atoms with van der Waals surface area (Å²) in [6.07, 6.45) is 0.107. The van der Waals surface area contributed by atoms with E-state index in [2.05, 4.69) is 6.07 Å². The number of carbonyl (C=O) groups is 1. The molecular weight excluding hydrogens is 447 g/mol. The Hall–Kier alpha value is -3.57. The number of hydrogen-bond donors (Lipinski definition) is 0. The number of aromatic nitrogens is 1. The summed E-state index contributed by atoms with van der Waals surface area (Å²) in [5.41, 5.74) is 0.302. The number of nitriles is 1. The van der Waals surface area contributed by atoms with Gasteiger partial charge in [0.15, 0.2) is 5.78 Å². The lowest BCUT2D eigenvalue weighted by atomic mass is 9.78. The Balaban J connectivity index is 1.88. The lowest BCUT2D eigenvalue weighted by Gasteiger charge is -2.41. The van der Waals surface area contributed by atoms with Crippen LogP contribution in [0.5, 0.6) is 0 Å². The minimum Gasteiger partial charge on any atom is -0.309 e. The second-order valence-corrected chi connectivity index (χ2v) is 8.85. The van der Waals surface area contributed by atoms with Crippen molar-refractivity contribution in [1.82, 2.24) is 4.57 Å². The maximum absolute atomic E-state index is 14.1. The van der Waals surface area contributed by atoms with Gasteiger partial charge in [-0.3, -0.25) is 9.69 Å². The molecule has 0 N–H and O–H groups in total. The third kappa shape index (κ3) is 3.49. The normalized spacial score (nSPS) is 19.0. The molecule has 166 valence electrons. The molecule has 4 nitrogen and oxygen atoms in total. The summed E-state index contributed by atoms with van der Waals surface area (Å²) < 4.78 is 43.8. The van der Waals surface area contributed by atoms with E-state index in [1.807, 2.05) is 17.5 Å². The first-order chi connectivity index (χ1) is 15.9. The zero-order valence-corrected chi connectivity index (χ0v) is 18.2. The highest BCUT2D eigenvalue weighted by molar-refractivity contribution is 7.10. The third-order valence-electron chi connectivity index (χ3n) is 5.98. The molecular formula is C25H18F3N3OS. The number of hydrogen-bond acceptors (Lipinski definition) is 4. The molecule has 33 heavy (non-hydrogen) atoms. The van der Waals surface area contributed by atoms with Gasteiger partial charge in [-0.15, -0.1) is 11.3 Å². The van der Waals surface area contributed by atoms with Gasteiger partial charge in [0.2, 0.25) is 0 Å². The van der Waals surface area contributed by atoms with E-state index in [9.17, 15) is 23.2 Å². The highest BCUT2D eigenvalue weighted by Crippen LogP contribution is 2.51. The van der Waals surface area contributed by atoms with Gasteiger partial charge in [0.1, 0.15) is 5.82 Å². The third-order valence-corrected chi connectivity index (χ3v) is 6.91. The molecule has 0 bridgehead atoms. The van der Waals surface area contributed by atoms with Gasteiger partial charge in [0.05, 0.1) is 28.8 Å². The fraction of sp³-hybridized carbons (Fsp3) is 0.200. The molecule has 0 spiro atoms. The first kappa shape index (κ1) is 21.3. The number of thiophene rings is 1. The van der Waals surface area contributed by atoms with Crippen molar-refractivity contribution in [1.29, 1.82) is 5.26 Å². The molecule has 5 rings (SSSR count). The standard InChI is InChI=1S/C25H18F3N3OS/c26-25(27,28)17-7-1-2-8-18(17)31-19-9-5-10-20(32)23(19)22(21-11-6-14-33-21)16(15-29)24(31)30-12-3-4-13-30/h1-4,6-8,11-14,22H,5,9-10H2/t22-/m1/s1. The van der Waals surface area contributed by atoms with Crippen molar-refractivity contribution < 1.29 is 18.0 Å². The zero-order valence-electron chi connectivity index (χ0n) is 17.3. The molecule has 1 atom stereocenters. The SMILES string of the molecule is N#CC1=C(n2cccc2)N(c2ccccc2C(F)(F)F)C2=C(C(=O)CCC2)[C@H]1c1cccs1. The number of halogens is 3. The summed E-state index contributed by atoms with van der Waals surface area (Å²) >= 11 is 1.43. The molecule has 2 aromatic heterocycles. The number of allylic oxidation sites excluding steroid dienone is 3. The average Bonchev–Trinajstić information content (AvgIpc) is 3.51. The molecule has 1 aliphatic carbocycles. The first-order valence-electron chi connectivity index (χ1n) is 10.5. The van der Waals surface area contributed by atoms with E-state index in [0.29, 0.717) is 36.4 Å².